The van der Waals surface area contributed by atoms with E-state index in [1.165, 1.54) is 6.07 Å². The molecule has 3 N–H and O–H groups in total. The maximum atomic E-state index is 12.1. The first kappa shape index (κ1) is 18.7. The second kappa shape index (κ2) is 8.09. The van der Waals surface area contributed by atoms with Crippen molar-refractivity contribution in [3.8, 4) is 5.75 Å². The van der Waals surface area contributed by atoms with E-state index < -0.39 is 11.8 Å². The number of carbonyl (C=O) groups excluding carboxylic acids is 2. The average Bonchev–Trinajstić information content (AvgIpc) is 2.65. The highest BCUT2D eigenvalue weighted by molar-refractivity contribution is 6.43. The van der Waals surface area contributed by atoms with Gasteiger partial charge in [0.15, 0.2) is 0 Å². The molecule has 27 heavy (non-hydrogen) atoms. The van der Waals surface area contributed by atoms with Crippen molar-refractivity contribution in [1.82, 2.24) is 4.90 Å². The van der Waals surface area contributed by atoms with Crippen molar-refractivity contribution < 1.29 is 14.7 Å². The van der Waals surface area contributed by atoms with Crippen LogP contribution in [0, 0.1) is 6.92 Å². The number of nitrogens with zero attached hydrogens (tertiary/aromatic N) is 2. The minimum absolute atomic E-state index is 0.0762. The fraction of sp³-hybridized carbons (Fsp3) is 0.300. The number of aryl methyl sites for hydroxylation is 1. The van der Waals surface area contributed by atoms with Crippen molar-refractivity contribution in [2.24, 2.45) is 0 Å². The van der Waals surface area contributed by atoms with Gasteiger partial charge < -0.3 is 25.5 Å². The van der Waals surface area contributed by atoms with Gasteiger partial charge in [-0.15, -0.1) is 0 Å². The topological polar surface area (TPSA) is 84.9 Å². The molecule has 1 saturated heterocycles. The van der Waals surface area contributed by atoms with Gasteiger partial charge in [-0.05, 0) is 55.9 Å². The second-order valence-corrected chi connectivity index (χ2v) is 6.77. The first-order valence-electron chi connectivity index (χ1n) is 8.88. The SMILES string of the molecule is Cc1ccc(NC(=O)C(=O)Nc2ccc(N3CCN(C)CC3)cc2)c(O)c1. The fourth-order valence-electron chi connectivity index (χ4n) is 2.93. The molecule has 1 aliphatic rings. The summed E-state index contributed by atoms with van der Waals surface area (Å²) in [6.07, 6.45) is 0. The summed E-state index contributed by atoms with van der Waals surface area (Å²) < 4.78 is 0. The van der Waals surface area contributed by atoms with Gasteiger partial charge in [-0.25, -0.2) is 0 Å². The number of piperazine rings is 1. The van der Waals surface area contributed by atoms with Gasteiger partial charge in [-0.1, -0.05) is 6.07 Å². The zero-order valence-electron chi connectivity index (χ0n) is 15.5. The first-order chi connectivity index (χ1) is 12.9. The molecule has 0 spiro atoms. The molecule has 0 unspecified atom stereocenters. The molecule has 142 valence electrons. The Morgan fingerprint density at radius 1 is 0.926 bits per heavy atom. The first-order valence-corrected chi connectivity index (χ1v) is 8.88. The Labute approximate surface area is 158 Å². The van der Waals surface area contributed by atoms with Gasteiger partial charge in [0, 0.05) is 37.6 Å². The third-order valence-corrected chi connectivity index (χ3v) is 4.60. The molecule has 1 fully saturated rings. The van der Waals surface area contributed by atoms with Gasteiger partial charge in [-0.3, -0.25) is 9.59 Å². The van der Waals surface area contributed by atoms with Crippen molar-refractivity contribution in [1.29, 1.82) is 0 Å². The van der Waals surface area contributed by atoms with Gasteiger partial charge >= 0.3 is 11.8 Å². The molecule has 2 aromatic carbocycles. The number of anilines is 3. The molecule has 0 atom stereocenters. The Kier molecular flexibility index (Phi) is 5.61. The molecule has 0 aliphatic carbocycles. The predicted octanol–water partition coefficient (Wildman–Crippen LogP) is 2.03. The number of aromatic hydroxyl groups is 1. The largest absolute Gasteiger partial charge is 0.506 e. The number of carbonyl (C=O) groups is 2. The third-order valence-electron chi connectivity index (χ3n) is 4.60. The summed E-state index contributed by atoms with van der Waals surface area (Å²) in [5.74, 6) is -1.70. The van der Waals surface area contributed by atoms with E-state index >= 15 is 0 Å². The zero-order chi connectivity index (χ0) is 19.4. The maximum Gasteiger partial charge on any atom is 0.314 e. The molecule has 3 rings (SSSR count). The number of hydrogen-bond donors (Lipinski definition) is 3. The summed E-state index contributed by atoms with van der Waals surface area (Å²) in [7, 11) is 2.11. The monoisotopic (exact) mass is 368 g/mol. The van der Waals surface area contributed by atoms with Gasteiger partial charge in [-0.2, -0.15) is 0 Å². The number of nitrogens with one attached hydrogen (secondary N) is 2. The van der Waals surface area contributed by atoms with Crippen LogP contribution in [0.3, 0.4) is 0 Å². The molecule has 7 heteroatoms. The van der Waals surface area contributed by atoms with E-state index in [1.54, 1.807) is 24.3 Å². The van der Waals surface area contributed by atoms with E-state index in [4.69, 9.17) is 0 Å². The van der Waals surface area contributed by atoms with E-state index in [1.807, 2.05) is 19.1 Å². The highest BCUT2D eigenvalue weighted by Crippen LogP contribution is 2.24. The summed E-state index contributed by atoms with van der Waals surface area (Å²) in [6, 6.07) is 12.2. The fourth-order valence-corrected chi connectivity index (χ4v) is 2.93. The number of phenolic OH excluding ortho intramolecular Hbond substituents is 1. The normalized spacial score (nSPS) is 14.7. The number of rotatable bonds is 3. The minimum Gasteiger partial charge on any atom is -0.506 e. The van der Waals surface area contributed by atoms with Crippen molar-refractivity contribution in [2.75, 3.05) is 48.8 Å². The van der Waals surface area contributed by atoms with Crippen molar-refractivity contribution in [2.45, 2.75) is 6.92 Å². The molecule has 0 bridgehead atoms. The summed E-state index contributed by atoms with van der Waals surface area (Å²) in [6.45, 7) is 5.79. The van der Waals surface area contributed by atoms with Crippen LogP contribution in [0.25, 0.3) is 0 Å². The van der Waals surface area contributed by atoms with E-state index in [2.05, 4.69) is 27.5 Å². The van der Waals surface area contributed by atoms with Crippen molar-refractivity contribution in [3.63, 3.8) is 0 Å². The molecular formula is C20H24N4O3. The Balaban J connectivity index is 1.57. The van der Waals surface area contributed by atoms with Crippen LogP contribution in [-0.4, -0.2) is 55.0 Å². The summed E-state index contributed by atoms with van der Waals surface area (Å²) >= 11 is 0. The Morgan fingerprint density at radius 2 is 1.56 bits per heavy atom. The second-order valence-electron chi connectivity index (χ2n) is 6.77. The van der Waals surface area contributed by atoms with Crippen LogP contribution in [0.15, 0.2) is 42.5 Å². The number of amides is 2. The zero-order valence-corrected chi connectivity index (χ0v) is 15.5. The van der Waals surface area contributed by atoms with Crippen LogP contribution in [-0.2, 0) is 9.59 Å². The molecule has 1 heterocycles. The van der Waals surface area contributed by atoms with Crippen molar-refractivity contribution >= 4 is 28.9 Å². The highest BCUT2D eigenvalue weighted by atomic mass is 16.3. The summed E-state index contributed by atoms with van der Waals surface area (Å²) in [4.78, 5) is 28.7. The summed E-state index contributed by atoms with van der Waals surface area (Å²) in [5.41, 5.74) is 2.69. The van der Waals surface area contributed by atoms with Gasteiger partial charge in [0.05, 0.1) is 5.69 Å². The van der Waals surface area contributed by atoms with Crippen LogP contribution in [0.4, 0.5) is 17.1 Å². The molecule has 1 aliphatic heterocycles. The van der Waals surface area contributed by atoms with Crippen LogP contribution in [0.1, 0.15) is 5.56 Å². The van der Waals surface area contributed by atoms with Crippen LogP contribution in [0.5, 0.6) is 5.75 Å². The molecule has 7 nitrogen and oxygen atoms in total. The lowest BCUT2D eigenvalue weighted by Gasteiger charge is -2.34. The van der Waals surface area contributed by atoms with Gasteiger partial charge in [0.2, 0.25) is 0 Å². The Hall–Kier alpha value is -3.06. The lowest BCUT2D eigenvalue weighted by atomic mass is 10.2. The quantitative estimate of drug-likeness (QED) is 0.570. The number of phenols is 1. The van der Waals surface area contributed by atoms with Crippen LogP contribution >= 0.6 is 0 Å². The number of benzene rings is 2. The van der Waals surface area contributed by atoms with Crippen LogP contribution < -0.4 is 15.5 Å². The van der Waals surface area contributed by atoms with E-state index in [9.17, 15) is 14.7 Å². The van der Waals surface area contributed by atoms with E-state index in [-0.39, 0.29) is 11.4 Å². The Bertz CT molecular complexity index is 828. The Morgan fingerprint density at radius 3 is 2.19 bits per heavy atom. The number of likely N-dealkylation sites (N-methyl/N-ethyl adjacent to an activating group) is 1. The smallest absolute Gasteiger partial charge is 0.314 e. The van der Waals surface area contributed by atoms with Gasteiger partial charge in [0.25, 0.3) is 0 Å². The van der Waals surface area contributed by atoms with E-state index in [0.29, 0.717) is 5.69 Å². The molecule has 0 radical (unpaired) electrons. The highest BCUT2D eigenvalue weighted by Gasteiger charge is 2.17. The molecule has 2 aromatic rings. The maximum absolute atomic E-state index is 12.1. The lowest BCUT2D eigenvalue weighted by molar-refractivity contribution is -0.133. The standard InChI is InChI=1S/C20H24N4O3/c1-14-3-8-17(18(25)13-14)22-20(27)19(26)21-15-4-6-16(7-5-15)24-11-9-23(2)10-12-24/h3-8,13,25H,9-12H2,1-2H3,(H,21,26)(H,22,27). The van der Waals surface area contributed by atoms with E-state index in [0.717, 1.165) is 37.4 Å². The lowest BCUT2D eigenvalue weighted by Crippen LogP contribution is -2.44. The third kappa shape index (κ3) is 4.77. The molecular weight excluding hydrogens is 344 g/mol. The van der Waals surface area contributed by atoms with Crippen molar-refractivity contribution in [3.05, 3.63) is 48.0 Å². The number of hydrogen-bond acceptors (Lipinski definition) is 5. The molecule has 0 saturated carbocycles. The minimum atomic E-state index is -0.836. The average molecular weight is 368 g/mol. The van der Waals surface area contributed by atoms with Crippen LogP contribution in [0.2, 0.25) is 0 Å². The summed E-state index contributed by atoms with van der Waals surface area (Å²) in [5, 5.41) is 14.8. The van der Waals surface area contributed by atoms with Gasteiger partial charge in [0.1, 0.15) is 5.75 Å². The molecule has 0 aromatic heterocycles. The molecule has 2 amide bonds. The predicted molar refractivity (Wildman–Crippen MR) is 106 cm³/mol.